The van der Waals surface area contributed by atoms with Gasteiger partial charge < -0.3 is 107 Å². The Kier molecular flexibility index (Phi) is 36.9. The number of aliphatic carboxylic acids is 3. The molecule has 0 aromatic rings. The molecule has 23 N–H and O–H groups in total. The predicted molar refractivity (Wildman–Crippen MR) is 364 cm³/mol. The van der Waals surface area contributed by atoms with E-state index in [4.69, 9.17) is 22.9 Å². The normalized spacial score (nSPS) is 20.0. The minimum atomic E-state index is -1.89. The van der Waals surface area contributed by atoms with Gasteiger partial charge in [-0.1, -0.05) is 13.8 Å². The van der Waals surface area contributed by atoms with Gasteiger partial charge in [-0.15, -0.1) is 0 Å². The molecule has 0 radical (unpaired) electrons. The highest BCUT2D eigenvalue weighted by Crippen LogP contribution is 2.33. The molecule has 0 spiro atoms. The Labute approximate surface area is 592 Å². The number of Topliss-reactive ketones (excluding diaryl/α,β-unsaturated/α-hetero) is 1. The molecular weight excluding hydrogens is 1380 g/mol. The first-order valence-electron chi connectivity index (χ1n) is 32.6. The molecule has 3 rings (SSSR count). The topological polar surface area (TPSA) is 617 Å². The Morgan fingerprint density at radius 3 is 1.50 bits per heavy atom. The van der Waals surface area contributed by atoms with Gasteiger partial charge >= 0.3 is 17.9 Å². The van der Waals surface area contributed by atoms with Crippen LogP contribution in [-0.4, -0.2) is 271 Å². The molecule has 3 fully saturated rings. The van der Waals surface area contributed by atoms with E-state index in [1.165, 1.54) is 4.90 Å². The van der Waals surface area contributed by atoms with E-state index in [1.807, 2.05) is 5.32 Å². The molecular formula is C59H97N17O21S3. The summed E-state index contributed by atoms with van der Waals surface area (Å²) >= 11 is 12.4. The second-order valence-electron chi connectivity index (χ2n) is 24.8. The van der Waals surface area contributed by atoms with Crippen LogP contribution in [0.25, 0.3) is 0 Å². The number of hydrogen-bond donors (Lipinski definition) is 22. The minimum Gasteiger partial charge on any atom is -0.481 e. The van der Waals surface area contributed by atoms with Gasteiger partial charge in [0.25, 0.3) is 0 Å². The van der Waals surface area contributed by atoms with Gasteiger partial charge in [-0.05, 0) is 103 Å². The average molecular weight is 1480 g/mol. The lowest BCUT2D eigenvalue weighted by Crippen LogP contribution is -2.62. The van der Waals surface area contributed by atoms with Crippen LogP contribution in [0.3, 0.4) is 0 Å². The van der Waals surface area contributed by atoms with Crippen LogP contribution in [-0.2, 0) is 76.7 Å². The Bertz CT molecular complexity index is 2970. The fourth-order valence-electron chi connectivity index (χ4n) is 11.4. The van der Waals surface area contributed by atoms with Crippen molar-refractivity contribution in [1.82, 2.24) is 63.0 Å². The Morgan fingerprint density at radius 1 is 0.560 bits per heavy atom. The Hall–Kier alpha value is -8.12. The average Bonchev–Trinajstić information content (AvgIpc) is 1.63. The Morgan fingerprint density at radius 2 is 1.02 bits per heavy atom. The van der Waals surface area contributed by atoms with Crippen molar-refractivity contribution in [2.24, 2.45) is 39.8 Å². The number of carbonyl (C=O) groups is 16. The van der Waals surface area contributed by atoms with Crippen LogP contribution in [0.1, 0.15) is 117 Å². The van der Waals surface area contributed by atoms with Gasteiger partial charge in [0.15, 0.2) is 11.7 Å². The Balaban J connectivity index is 1.83. The molecule has 2 saturated heterocycles. The number of likely N-dealkylation sites (tertiary alicyclic amines) is 2. The molecule has 41 heteroatoms. The number of carbonyl (C=O) groups excluding carboxylic acids is 13. The number of aliphatic hydroxyl groups is 2. The number of nitrogens with one attached hydrogen (secondary N) is 10. The summed E-state index contributed by atoms with van der Waals surface area (Å²) in [7, 11) is 0. The maximum atomic E-state index is 14.4. The fraction of sp³-hybridized carbons (Fsp3) is 0.712. The number of amides is 12. The van der Waals surface area contributed by atoms with Crippen molar-refractivity contribution in [3.63, 3.8) is 0 Å². The van der Waals surface area contributed by atoms with Gasteiger partial charge in [-0.25, -0.2) is 4.79 Å². The number of rotatable bonds is 44. The quantitative estimate of drug-likeness (QED) is 0.0117. The first kappa shape index (κ1) is 86.1. The second kappa shape index (κ2) is 42.9. The lowest BCUT2D eigenvalue weighted by Gasteiger charge is -2.33. The van der Waals surface area contributed by atoms with E-state index >= 15 is 0 Å². The number of carboxylic acids is 3. The highest BCUT2D eigenvalue weighted by molar-refractivity contribution is 7.80. The smallest absolute Gasteiger partial charge is 0.328 e. The van der Waals surface area contributed by atoms with Crippen molar-refractivity contribution in [2.45, 2.75) is 202 Å². The summed E-state index contributed by atoms with van der Waals surface area (Å²) in [5, 5.41) is 72.7. The molecule has 562 valence electrons. The van der Waals surface area contributed by atoms with Crippen LogP contribution in [0.5, 0.6) is 0 Å². The molecule has 2 aliphatic heterocycles. The van der Waals surface area contributed by atoms with Gasteiger partial charge in [-0.3, -0.25) is 81.8 Å². The number of unbranched alkanes of at least 4 members (excludes halogenated alkanes) is 1. The molecule has 1 aliphatic carbocycles. The van der Waals surface area contributed by atoms with E-state index in [-0.39, 0.29) is 108 Å². The second-order valence-corrected chi connectivity index (χ2v) is 25.9. The number of thiol groups is 3. The van der Waals surface area contributed by atoms with Crippen LogP contribution < -0.4 is 76.1 Å². The number of carboxylic acid groups (broad SMARTS) is 3. The summed E-state index contributed by atoms with van der Waals surface area (Å²) in [6.07, 6.45) is -2.49. The molecule has 2 heterocycles. The monoisotopic (exact) mass is 1480 g/mol. The van der Waals surface area contributed by atoms with E-state index < -0.39 is 222 Å². The standard InChI is InChI=1S/C59H97N17O21S3/c1-27(2)21-34(69-53(90)39-11-7-19-75(39)45-29(57(94)95)13-15-41(45)79)56(93)76-20-8-12-40(76)54(91)68-33(22-43(81)82)49(86)71-37(25-99)52(89)72-36(24-98)50(87)66-31(10-6-18-64-59(62)63)46(83)67-32(14-16-42(61)80)47(84)65-30(9-4-5-17-60)48(85)74-44(28(3)78)55(92)73-38(26-100)51(88)70-35(23-77)58(96)97/h27-40,44-45,77-78,98-100H,4-26,60H2,1-3H3,(H2,61,80)(H,65,84)(H,66,87)(H,67,83)(H,68,91)(H,69,90)(H,70,88)(H,71,86)(H,72,89)(H,73,92)(H,74,85)(H,81,82)(H,94,95)(H,96,97)(H4,62,63,64)/t28-,29?,30+,31+,32+,33+,34+,35+,36+,37+,38+,39+,40+,44+,45?/m1/s1. The van der Waals surface area contributed by atoms with Gasteiger partial charge in [0.1, 0.15) is 66.5 Å². The van der Waals surface area contributed by atoms with Gasteiger partial charge in [0.2, 0.25) is 70.9 Å². The van der Waals surface area contributed by atoms with Crippen LogP contribution in [0.2, 0.25) is 0 Å². The molecule has 15 atom stereocenters. The molecule has 2 unspecified atom stereocenters. The SMILES string of the molecule is CC(C)C[C@H](NC(=O)[C@@H]1CCCN1C1C(=O)CCC1C(=O)O)C(=O)N1CCC[C@H]1C(=O)N[C@@H](CC(=O)O)C(=O)N[C@@H](CS)C(=O)N[C@@H](CS)C(=O)N[C@@H](CCCN=C(N)N)C(=O)N[C@@H](CCC(N)=O)C(=O)N[C@@H](CCCCN)C(=O)N[C@H](C(=O)N[C@@H](CS)C(=O)N[C@@H](CO)C(=O)O)[C@@H](C)O. The molecule has 12 amide bonds. The maximum Gasteiger partial charge on any atom is 0.328 e. The zero-order valence-corrected chi connectivity index (χ0v) is 58.4. The van der Waals surface area contributed by atoms with Crippen molar-refractivity contribution in [3.8, 4) is 0 Å². The zero-order valence-electron chi connectivity index (χ0n) is 55.8. The summed E-state index contributed by atoms with van der Waals surface area (Å²) in [4.78, 5) is 221. The lowest BCUT2D eigenvalue weighted by molar-refractivity contribution is -0.147. The molecule has 0 bridgehead atoms. The largest absolute Gasteiger partial charge is 0.481 e. The van der Waals surface area contributed by atoms with E-state index in [1.54, 1.807) is 18.7 Å². The summed E-state index contributed by atoms with van der Waals surface area (Å²) in [5.74, 6) is -19.8. The highest BCUT2D eigenvalue weighted by atomic mass is 32.1. The fourth-order valence-corrected chi connectivity index (χ4v) is 12.2. The van der Waals surface area contributed by atoms with Crippen molar-refractivity contribution in [3.05, 3.63) is 0 Å². The third kappa shape index (κ3) is 27.1. The third-order valence-corrected chi connectivity index (χ3v) is 17.7. The van der Waals surface area contributed by atoms with E-state index in [9.17, 15) is 102 Å². The van der Waals surface area contributed by atoms with Crippen LogP contribution in [0.15, 0.2) is 4.99 Å². The molecule has 100 heavy (non-hydrogen) atoms. The number of aliphatic hydroxyl groups excluding tert-OH is 2. The van der Waals surface area contributed by atoms with E-state index in [0.717, 1.165) is 6.92 Å². The highest BCUT2D eigenvalue weighted by Gasteiger charge is 2.49. The minimum absolute atomic E-state index is 0.0162. The summed E-state index contributed by atoms with van der Waals surface area (Å²) in [5.41, 5.74) is 22.1. The number of hydrogen-bond acceptors (Lipinski definition) is 24. The summed E-state index contributed by atoms with van der Waals surface area (Å²) in [6, 6.07) is -19.7. The van der Waals surface area contributed by atoms with E-state index in [0.29, 0.717) is 12.8 Å². The molecule has 1 saturated carbocycles. The number of primary amides is 1. The lowest BCUT2D eigenvalue weighted by atomic mass is 9.99. The van der Waals surface area contributed by atoms with Crippen molar-refractivity contribution < 1.29 is 102 Å². The molecule has 3 aliphatic rings. The maximum absolute atomic E-state index is 14.4. The van der Waals surface area contributed by atoms with Crippen molar-refractivity contribution in [1.29, 1.82) is 0 Å². The molecule has 0 aromatic heterocycles. The predicted octanol–water partition coefficient (Wildman–Crippen LogP) is -8.06. The zero-order chi connectivity index (χ0) is 75.2. The van der Waals surface area contributed by atoms with Crippen LogP contribution >= 0.6 is 37.9 Å². The number of aliphatic imine (C=N–C) groups is 1. The van der Waals surface area contributed by atoms with Gasteiger partial charge in [0, 0.05) is 43.2 Å². The number of ketones is 1. The van der Waals surface area contributed by atoms with Crippen molar-refractivity contribution in [2.75, 3.05) is 50.0 Å². The number of nitrogens with two attached hydrogens (primary N) is 4. The summed E-state index contributed by atoms with van der Waals surface area (Å²) < 4.78 is 0. The first-order valence-corrected chi connectivity index (χ1v) is 34.5. The van der Waals surface area contributed by atoms with Crippen LogP contribution in [0.4, 0.5) is 0 Å². The number of guanidine groups is 1. The number of nitrogens with zero attached hydrogens (tertiary/aromatic N) is 3. The van der Waals surface area contributed by atoms with Crippen molar-refractivity contribution >= 4 is 138 Å². The molecule has 38 nitrogen and oxygen atoms in total. The van der Waals surface area contributed by atoms with Crippen LogP contribution in [0, 0.1) is 11.8 Å². The summed E-state index contributed by atoms with van der Waals surface area (Å²) in [6.45, 7) is 3.97. The molecule has 0 aromatic carbocycles. The third-order valence-electron chi connectivity index (χ3n) is 16.6. The van der Waals surface area contributed by atoms with Gasteiger partial charge in [0.05, 0.1) is 37.1 Å². The first-order chi connectivity index (χ1) is 47.1. The van der Waals surface area contributed by atoms with E-state index in [2.05, 4.69) is 90.7 Å². The van der Waals surface area contributed by atoms with Gasteiger partial charge in [-0.2, -0.15) is 37.9 Å².